The van der Waals surface area contributed by atoms with Gasteiger partial charge in [-0.1, -0.05) is 23.8 Å². The first-order valence-electron chi connectivity index (χ1n) is 3.60. The van der Waals surface area contributed by atoms with Crippen LogP contribution in [-0.4, -0.2) is 4.57 Å². The fraction of sp³-hybridized carbons (Fsp3) is 0.222. The van der Waals surface area contributed by atoms with E-state index in [9.17, 15) is 4.79 Å². The standard InChI is InChI=1S/C9H10ClNO/c1-7(2)6-11-4-3-8(12)5-9(11)10/h3-5H,1,6H2,2H3. The van der Waals surface area contributed by atoms with Crippen LogP contribution in [0.4, 0.5) is 0 Å². The van der Waals surface area contributed by atoms with E-state index in [0.29, 0.717) is 11.7 Å². The Morgan fingerprint density at radius 2 is 2.42 bits per heavy atom. The predicted octanol–water partition coefficient (Wildman–Crippen LogP) is 2.08. The maximum absolute atomic E-state index is 10.8. The van der Waals surface area contributed by atoms with E-state index in [0.717, 1.165) is 5.57 Å². The summed E-state index contributed by atoms with van der Waals surface area (Å²) >= 11 is 5.80. The molecule has 0 atom stereocenters. The number of allylic oxidation sites excluding steroid dienone is 1. The molecule has 0 amide bonds. The van der Waals surface area contributed by atoms with Gasteiger partial charge in [0.2, 0.25) is 0 Å². The van der Waals surface area contributed by atoms with E-state index in [4.69, 9.17) is 11.6 Å². The van der Waals surface area contributed by atoms with Crippen LogP contribution in [0.25, 0.3) is 0 Å². The molecule has 0 N–H and O–H groups in total. The zero-order valence-corrected chi connectivity index (χ0v) is 7.64. The van der Waals surface area contributed by atoms with Crippen molar-refractivity contribution in [2.45, 2.75) is 13.5 Å². The monoisotopic (exact) mass is 183 g/mol. The van der Waals surface area contributed by atoms with Gasteiger partial charge in [-0.05, 0) is 6.92 Å². The zero-order valence-electron chi connectivity index (χ0n) is 6.88. The van der Waals surface area contributed by atoms with Crippen molar-refractivity contribution in [3.8, 4) is 0 Å². The summed E-state index contributed by atoms with van der Waals surface area (Å²) in [6, 6.07) is 2.87. The molecule has 64 valence electrons. The van der Waals surface area contributed by atoms with Crippen LogP contribution in [0.3, 0.4) is 0 Å². The average molecular weight is 184 g/mol. The van der Waals surface area contributed by atoms with Gasteiger partial charge in [-0.2, -0.15) is 0 Å². The summed E-state index contributed by atoms with van der Waals surface area (Å²) in [5, 5.41) is 0.450. The highest BCUT2D eigenvalue weighted by atomic mass is 35.5. The van der Waals surface area contributed by atoms with Crippen molar-refractivity contribution in [3.05, 3.63) is 45.9 Å². The highest BCUT2D eigenvalue weighted by Crippen LogP contribution is 2.06. The van der Waals surface area contributed by atoms with Crippen molar-refractivity contribution < 1.29 is 0 Å². The Hall–Kier alpha value is -1.02. The highest BCUT2D eigenvalue weighted by Gasteiger charge is 1.96. The van der Waals surface area contributed by atoms with Crippen LogP contribution in [-0.2, 0) is 6.54 Å². The first-order valence-corrected chi connectivity index (χ1v) is 3.98. The van der Waals surface area contributed by atoms with Gasteiger partial charge in [0.25, 0.3) is 0 Å². The van der Waals surface area contributed by atoms with Gasteiger partial charge in [-0.15, -0.1) is 0 Å². The molecule has 0 spiro atoms. The van der Waals surface area contributed by atoms with Gasteiger partial charge in [-0.25, -0.2) is 0 Å². The van der Waals surface area contributed by atoms with Crippen molar-refractivity contribution in [2.24, 2.45) is 0 Å². The Bertz CT molecular complexity index is 354. The first-order chi connectivity index (χ1) is 5.59. The Kier molecular flexibility index (Phi) is 2.71. The summed E-state index contributed by atoms with van der Waals surface area (Å²) in [6.07, 6.45) is 1.67. The maximum atomic E-state index is 10.8. The Labute approximate surface area is 76.1 Å². The molecule has 0 fully saturated rings. The van der Waals surface area contributed by atoms with Crippen molar-refractivity contribution in [2.75, 3.05) is 0 Å². The van der Waals surface area contributed by atoms with Crippen molar-refractivity contribution >= 4 is 11.6 Å². The van der Waals surface area contributed by atoms with E-state index in [1.54, 1.807) is 10.8 Å². The van der Waals surface area contributed by atoms with E-state index in [1.165, 1.54) is 12.1 Å². The lowest BCUT2D eigenvalue weighted by molar-refractivity contribution is 0.778. The highest BCUT2D eigenvalue weighted by molar-refractivity contribution is 6.29. The van der Waals surface area contributed by atoms with E-state index in [-0.39, 0.29) is 5.43 Å². The van der Waals surface area contributed by atoms with Gasteiger partial charge in [0.15, 0.2) is 5.43 Å². The second-order valence-electron chi connectivity index (χ2n) is 2.77. The second-order valence-corrected chi connectivity index (χ2v) is 3.16. The fourth-order valence-electron chi connectivity index (χ4n) is 0.902. The number of hydrogen-bond acceptors (Lipinski definition) is 1. The number of nitrogens with zero attached hydrogens (tertiary/aromatic N) is 1. The molecular formula is C9H10ClNO. The number of hydrogen-bond donors (Lipinski definition) is 0. The summed E-state index contributed by atoms with van der Waals surface area (Å²) in [4.78, 5) is 10.8. The molecule has 1 aromatic heterocycles. The van der Waals surface area contributed by atoms with Crippen molar-refractivity contribution in [3.63, 3.8) is 0 Å². The third kappa shape index (κ3) is 2.24. The molecule has 0 aliphatic carbocycles. The summed E-state index contributed by atoms with van der Waals surface area (Å²) in [5.41, 5.74) is 0.929. The summed E-state index contributed by atoms with van der Waals surface area (Å²) in [7, 11) is 0. The number of rotatable bonds is 2. The van der Waals surface area contributed by atoms with Crippen LogP contribution in [0.15, 0.2) is 35.3 Å². The molecule has 1 aromatic rings. The summed E-state index contributed by atoms with van der Waals surface area (Å²) in [5.74, 6) is 0. The SMILES string of the molecule is C=C(C)Cn1ccc(=O)cc1Cl. The quantitative estimate of drug-likeness (QED) is 0.508. The van der Waals surface area contributed by atoms with Gasteiger partial charge in [-0.3, -0.25) is 4.79 Å². The zero-order chi connectivity index (χ0) is 9.14. The third-order valence-corrected chi connectivity index (χ3v) is 1.72. The molecule has 0 saturated carbocycles. The molecule has 0 aliphatic rings. The topological polar surface area (TPSA) is 22.0 Å². The van der Waals surface area contributed by atoms with Crippen LogP contribution in [0.2, 0.25) is 5.15 Å². The molecule has 0 saturated heterocycles. The average Bonchev–Trinajstić information content (AvgIpc) is 1.94. The number of aromatic nitrogens is 1. The van der Waals surface area contributed by atoms with Gasteiger partial charge < -0.3 is 4.57 Å². The molecule has 1 rings (SSSR count). The van der Waals surface area contributed by atoms with Crippen LogP contribution in [0.1, 0.15) is 6.92 Å². The van der Waals surface area contributed by atoms with Crippen LogP contribution >= 0.6 is 11.6 Å². The first kappa shape index (κ1) is 9.07. The lowest BCUT2D eigenvalue weighted by Gasteiger charge is -2.06. The van der Waals surface area contributed by atoms with E-state index < -0.39 is 0 Å². The van der Waals surface area contributed by atoms with Crippen LogP contribution < -0.4 is 5.43 Å². The van der Waals surface area contributed by atoms with Gasteiger partial charge >= 0.3 is 0 Å². The molecule has 12 heavy (non-hydrogen) atoms. The molecule has 0 bridgehead atoms. The fourth-order valence-corrected chi connectivity index (χ4v) is 1.13. The Balaban J connectivity index is 3.01. The van der Waals surface area contributed by atoms with Crippen molar-refractivity contribution in [1.29, 1.82) is 0 Å². The van der Waals surface area contributed by atoms with E-state index >= 15 is 0 Å². The van der Waals surface area contributed by atoms with E-state index in [1.807, 2.05) is 6.92 Å². The minimum atomic E-state index is -0.0713. The Morgan fingerprint density at radius 1 is 1.75 bits per heavy atom. The number of halogens is 1. The predicted molar refractivity (Wildman–Crippen MR) is 50.5 cm³/mol. The third-order valence-electron chi connectivity index (χ3n) is 1.39. The van der Waals surface area contributed by atoms with Crippen LogP contribution in [0, 0.1) is 0 Å². The minimum absolute atomic E-state index is 0.0713. The van der Waals surface area contributed by atoms with Gasteiger partial charge in [0, 0.05) is 24.9 Å². The maximum Gasteiger partial charge on any atom is 0.183 e. The molecule has 0 radical (unpaired) electrons. The lowest BCUT2D eigenvalue weighted by Crippen LogP contribution is -2.06. The van der Waals surface area contributed by atoms with Gasteiger partial charge in [0.05, 0.1) is 0 Å². The molecule has 0 aromatic carbocycles. The molecule has 3 heteroatoms. The number of pyridine rings is 1. The summed E-state index contributed by atoms with van der Waals surface area (Å²) in [6.45, 7) is 6.32. The molecule has 0 unspecified atom stereocenters. The Morgan fingerprint density at radius 3 is 2.92 bits per heavy atom. The van der Waals surface area contributed by atoms with Crippen molar-refractivity contribution in [1.82, 2.24) is 4.57 Å². The molecular weight excluding hydrogens is 174 g/mol. The smallest absolute Gasteiger partial charge is 0.183 e. The van der Waals surface area contributed by atoms with Gasteiger partial charge in [0.1, 0.15) is 5.15 Å². The van der Waals surface area contributed by atoms with Crippen LogP contribution in [0.5, 0.6) is 0 Å². The summed E-state index contributed by atoms with van der Waals surface area (Å²) < 4.78 is 1.77. The molecule has 0 aliphatic heterocycles. The molecule has 1 heterocycles. The normalized spacial score (nSPS) is 9.83. The lowest BCUT2D eigenvalue weighted by atomic mass is 10.3. The second kappa shape index (κ2) is 3.59. The minimum Gasteiger partial charge on any atom is -0.334 e. The largest absolute Gasteiger partial charge is 0.334 e. The molecule has 2 nitrogen and oxygen atoms in total. The van der Waals surface area contributed by atoms with E-state index in [2.05, 4.69) is 6.58 Å².